The topological polar surface area (TPSA) is 57.0 Å². The Morgan fingerprint density at radius 3 is 2.92 bits per heavy atom. The van der Waals surface area contributed by atoms with Crippen LogP contribution < -0.4 is 5.56 Å². The van der Waals surface area contributed by atoms with E-state index in [-0.39, 0.29) is 5.56 Å². The van der Waals surface area contributed by atoms with Crippen LogP contribution in [0.25, 0.3) is 10.9 Å². The standard InChI is InChI=1S/C19H20BrN3O2S/c1-2-25-11-5-10-23-18(24)16-12-14(20)7-8-17(16)22-19(23)26-13-15-6-3-4-9-21-15/h3-4,6-9,12H,2,5,10-11,13H2,1H3. The number of ether oxygens (including phenoxy) is 1. The molecule has 2 heterocycles. The lowest BCUT2D eigenvalue weighted by atomic mass is 10.2. The quantitative estimate of drug-likeness (QED) is 0.301. The minimum atomic E-state index is -0.0173. The highest BCUT2D eigenvalue weighted by molar-refractivity contribution is 9.10. The maximum atomic E-state index is 13.0. The molecule has 0 radical (unpaired) electrons. The van der Waals surface area contributed by atoms with Crippen LogP contribution in [0.5, 0.6) is 0 Å². The Morgan fingerprint density at radius 1 is 1.27 bits per heavy atom. The van der Waals surface area contributed by atoms with Crippen molar-refractivity contribution >= 4 is 38.6 Å². The van der Waals surface area contributed by atoms with Gasteiger partial charge in [0.1, 0.15) is 0 Å². The molecule has 3 aromatic rings. The van der Waals surface area contributed by atoms with Gasteiger partial charge in [-0.05, 0) is 43.7 Å². The molecule has 2 aromatic heterocycles. The first-order valence-electron chi connectivity index (χ1n) is 8.49. The van der Waals surface area contributed by atoms with E-state index in [4.69, 9.17) is 9.72 Å². The first-order chi connectivity index (χ1) is 12.7. The number of hydrogen-bond acceptors (Lipinski definition) is 5. The molecule has 3 rings (SSSR count). The van der Waals surface area contributed by atoms with E-state index in [0.717, 1.165) is 16.6 Å². The van der Waals surface area contributed by atoms with Crippen LogP contribution >= 0.6 is 27.7 Å². The Labute approximate surface area is 164 Å². The summed E-state index contributed by atoms with van der Waals surface area (Å²) in [5.74, 6) is 0.667. The summed E-state index contributed by atoms with van der Waals surface area (Å²) in [4.78, 5) is 22.1. The summed E-state index contributed by atoms with van der Waals surface area (Å²) in [5, 5.41) is 1.34. The van der Waals surface area contributed by atoms with Gasteiger partial charge in [-0.2, -0.15) is 0 Å². The smallest absolute Gasteiger partial charge is 0.262 e. The summed E-state index contributed by atoms with van der Waals surface area (Å²) in [7, 11) is 0. The fourth-order valence-electron chi connectivity index (χ4n) is 2.57. The lowest BCUT2D eigenvalue weighted by Gasteiger charge is -2.13. The molecule has 0 N–H and O–H groups in total. The van der Waals surface area contributed by atoms with Crippen LogP contribution in [0.15, 0.2) is 57.0 Å². The molecule has 0 unspecified atom stereocenters. The number of aromatic nitrogens is 3. The van der Waals surface area contributed by atoms with E-state index < -0.39 is 0 Å². The molecule has 0 amide bonds. The van der Waals surface area contributed by atoms with Gasteiger partial charge in [0.2, 0.25) is 0 Å². The van der Waals surface area contributed by atoms with E-state index >= 15 is 0 Å². The average Bonchev–Trinajstić information content (AvgIpc) is 2.66. The van der Waals surface area contributed by atoms with Gasteiger partial charge in [0.15, 0.2) is 5.16 Å². The van der Waals surface area contributed by atoms with Gasteiger partial charge in [0, 0.05) is 36.2 Å². The summed E-state index contributed by atoms with van der Waals surface area (Å²) in [6, 6.07) is 11.4. The monoisotopic (exact) mass is 433 g/mol. The zero-order valence-electron chi connectivity index (χ0n) is 14.5. The van der Waals surface area contributed by atoms with E-state index in [9.17, 15) is 4.79 Å². The van der Waals surface area contributed by atoms with Crippen LogP contribution in [0.3, 0.4) is 0 Å². The van der Waals surface area contributed by atoms with Crippen molar-refractivity contribution in [3.63, 3.8) is 0 Å². The van der Waals surface area contributed by atoms with Gasteiger partial charge >= 0.3 is 0 Å². The van der Waals surface area contributed by atoms with Gasteiger partial charge < -0.3 is 4.74 Å². The summed E-state index contributed by atoms with van der Waals surface area (Å²) >= 11 is 4.97. The van der Waals surface area contributed by atoms with Crippen LogP contribution in [-0.4, -0.2) is 27.7 Å². The molecule has 0 aliphatic carbocycles. The lowest BCUT2D eigenvalue weighted by molar-refractivity contribution is 0.140. The number of benzene rings is 1. The van der Waals surface area contributed by atoms with Crippen LogP contribution in [0, 0.1) is 0 Å². The van der Waals surface area contributed by atoms with Crippen LogP contribution in [0.2, 0.25) is 0 Å². The minimum Gasteiger partial charge on any atom is -0.382 e. The largest absolute Gasteiger partial charge is 0.382 e. The minimum absolute atomic E-state index is 0.0173. The molecule has 0 saturated carbocycles. The molecule has 0 spiro atoms. The molecule has 0 atom stereocenters. The fourth-order valence-corrected chi connectivity index (χ4v) is 3.87. The second kappa shape index (κ2) is 9.30. The summed E-state index contributed by atoms with van der Waals surface area (Å²) in [6.07, 6.45) is 2.54. The zero-order valence-corrected chi connectivity index (χ0v) is 16.9. The predicted octanol–water partition coefficient (Wildman–Crippen LogP) is 4.27. The second-order valence-corrected chi connectivity index (χ2v) is 7.53. The number of pyridine rings is 1. The lowest BCUT2D eigenvalue weighted by Crippen LogP contribution is -2.24. The van der Waals surface area contributed by atoms with E-state index in [1.165, 1.54) is 11.8 Å². The Bertz CT molecular complexity index is 931. The molecule has 26 heavy (non-hydrogen) atoms. The number of nitrogens with zero attached hydrogens (tertiary/aromatic N) is 3. The highest BCUT2D eigenvalue weighted by Crippen LogP contribution is 2.23. The van der Waals surface area contributed by atoms with Crippen molar-refractivity contribution in [2.45, 2.75) is 30.8 Å². The Hall–Kier alpha value is -1.70. The molecule has 0 bridgehead atoms. The average molecular weight is 434 g/mol. The van der Waals surface area contributed by atoms with Crippen molar-refractivity contribution in [1.82, 2.24) is 14.5 Å². The van der Waals surface area contributed by atoms with Crippen LogP contribution in [0.1, 0.15) is 19.0 Å². The summed E-state index contributed by atoms with van der Waals surface area (Å²) < 4.78 is 8.04. The highest BCUT2D eigenvalue weighted by Gasteiger charge is 2.12. The van der Waals surface area contributed by atoms with Gasteiger partial charge in [-0.25, -0.2) is 4.98 Å². The molecule has 7 heteroatoms. The number of hydrogen-bond donors (Lipinski definition) is 0. The first-order valence-corrected chi connectivity index (χ1v) is 10.3. The molecule has 0 aliphatic rings. The molecule has 0 fully saturated rings. The molecule has 0 aliphatic heterocycles. The van der Waals surface area contributed by atoms with Crippen LogP contribution in [0.4, 0.5) is 0 Å². The van der Waals surface area contributed by atoms with Crippen molar-refractivity contribution in [2.75, 3.05) is 13.2 Å². The first kappa shape index (κ1) is 19.1. The van der Waals surface area contributed by atoms with Crippen molar-refractivity contribution in [3.05, 3.63) is 63.1 Å². The van der Waals surface area contributed by atoms with Crippen molar-refractivity contribution in [2.24, 2.45) is 0 Å². The maximum Gasteiger partial charge on any atom is 0.262 e. The SMILES string of the molecule is CCOCCCn1c(SCc2ccccn2)nc2ccc(Br)cc2c1=O. The van der Waals surface area contributed by atoms with E-state index in [1.807, 2.05) is 43.3 Å². The third-order valence-electron chi connectivity index (χ3n) is 3.83. The molecule has 0 saturated heterocycles. The fraction of sp³-hybridized carbons (Fsp3) is 0.316. The number of fused-ring (bicyclic) bond motifs is 1. The van der Waals surface area contributed by atoms with Crippen molar-refractivity contribution in [3.8, 4) is 0 Å². The third kappa shape index (κ3) is 4.72. The van der Waals surface area contributed by atoms with E-state index in [1.54, 1.807) is 10.8 Å². The molecular weight excluding hydrogens is 414 g/mol. The van der Waals surface area contributed by atoms with Crippen molar-refractivity contribution < 1.29 is 4.74 Å². The Balaban J connectivity index is 1.92. The third-order valence-corrected chi connectivity index (χ3v) is 5.33. The van der Waals surface area contributed by atoms with Crippen LogP contribution in [-0.2, 0) is 17.0 Å². The number of rotatable bonds is 8. The molecular formula is C19H20BrN3O2S. The maximum absolute atomic E-state index is 13.0. The zero-order chi connectivity index (χ0) is 18.4. The summed E-state index contributed by atoms with van der Waals surface area (Å²) in [6.45, 7) is 3.86. The van der Waals surface area contributed by atoms with Gasteiger partial charge in [0.05, 0.1) is 16.6 Å². The predicted molar refractivity (Wildman–Crippen MR) is 109 cm³/mol. The van der Waals surface area contributed by atoms with Crippen molar-refractivity contribution in [1.29, 1.82) is 0 Å². The van der Waals surface area contributed by atoms with Gasteiger partial charge in [-0.15, -0.1) is 0 Å². The van der Waals surface area contributed by atoms with Gasteiger partial charge in [-0.3, -0.25) is 14.3 Å². The summed E-state index contributed by atoms with van der Waals surface area (Å²) in [5.41, 5.74) is 1.66. The van der Waals surface area contributed by atoms with E-state index in [0.29, 0.717) is 41.6 Å². The molecule has 136 valence electrons. The second-order valence-electron chi connectivity index (χ2n) is 5.67. The highest BCUT2D eigenvalue weighted by atomic mass is 79.9. The molecule has 5 nitrogen and oxygen atoms in total. The number of halogens is 1. The Morgan fingerprint density at radius 2 is 2.15 bits per heavy atom. The Kier molecular flexibility index (Phi) is 6.82. The number of thioether (sulfide) groups is 1. The normalized spacial score (nSPS) is 11.2. The van der Waals surface area contributed by atoms with E-state index in [2.05, 4.69) is 20.9 Å². The molecule has 1 aromatic carbocycles. The van der Waals surface area contributed by atoms with Gasteiger partial charge in [-0.1, -0.05) is 33.8 Å². The van der Waals surface area contributed by atoms with Gasteiger partial charge in [0.25, 0.3) is 5.56 Å².